The summed E-state index contributed by atoms with van der Waals surface area (Å²) in [6, 6.07) is 9.11. The summed E-state index contributed by atoms with van der Waals surface area (Å²) in [5, 5.41) is 11.3. The number of amides is 1. The van der Waals surface area contributed by atoms with E-state index in [1.807, 2.05) is 6.92 Å². The molecule has 1 aliphatic heterocycles. The summed E-state index contributed by atoms with van der Waals surface area (Å²) in [4.78, 5) is 38.6. The molecular formula is C23H24F3N3O5. The van der Waals surface area contributed by atoms with Crippen LogP contribution in [0.15, 0.2) is 42.5 Å². The monoisotopic (exact) mass is 479 g/mol. The van der Waals surface area contributed by atoms with E-state index in [2.05, 4.69) is 0 Å². The van der Waals surface area contributed by atoms with Gasteiger partial charge in [0.05, 0.1) is 17.1 Å². The number of anilines is 1. The van der Waals surface area contributed by atoms with Gasteiger partial charge in [-0.1, -0.05) is 0 Å². The quantitative estimate of drug-likeness (QED) is 0.318. The molecule has 0 unspecified atom stereocenters. The van der Waals surface area contributed by atoms with Crippen molar-refractivity contribution in [3.8, 4) is 5.75 Å². The molecular weight excluding hydrogens is 455 g/mol. The minimum absolute atomic E-state index is 0.0203. The number of rotatable bonds is 8. The molecule has 34 heavy (non-hydrogen) atoms. The number of carbonyl (C=O) groups excluding carboxylic acids is 2. The Kier molecular flexibility index (Phi) is 7.75. The van der Waals surface area contributed by atoms with E-state index in [0.29, 0.717) is 24.0 Å². The molecule has 0 aromatic heterocycles. The number of alkyl halides is 3. The molecule has 1 heterocycles. The fraction of sp³-hybridized carbons (Fsp3) is 0.391. The first-order valence-corrected chi connectivity index (χ1v) is 10.7. The average molecular weight is 479 g/mol. The van der Waals surface area contributed by atoms with Gasteiger partial charge in [-0.3, -0.25) is 19.7 Å². The van der Waals surface area contributed by atoms with Gasteiger partial charge in [-0.05, 0) is 43.3 Å². The zero-order valence-electron chi connectivity index (χ0n) is 18.5. The van der Waals surface area contributed by atoms with E-state index < -0.39 is 22.4 Å². The highest BCUT2D eigenvalue weighted by molar-refractivity contribution is 5.98. The lowest BCUT2D eigenvalue weighted by Gasteiger charge is -2.36. The third-order valence-corrected chi connectivity index (χ3v) is 5.53. The van der Waals surface area contributed by atoms with E-state index >= 15 is 0 Å². The number of nitrogens with zero attached hydrogens (tertiary/aromatic N) is 3. The summed E-state index contributed by atoms with van der Waals surface area (Å²) in [6.07, 6.45) is -4.62. The van der Waals surface area contributed by atoms with E-state index in [1.54, 1.807) is 34.1 Å². The van der Waals surface area contributed by atoms with E-state index in [4.69, 9.17) is 4.74 Å². The Hall–Kier alpha value is -3.63. The second-order valence-electron chi connectivity index (χ2n) is 7.71. The lowest BCUT2D eigenvalue weighted by atomic mass is 10.1. The number of nitro benzene ring substituents is 1. The molecule has 0 atom stereocenters. The molecule has 0 saturated carbocycles. The Bertz CT molecular complexity index is 1050. The predicted octanol–water partition coefficient (Wildman–Crippen LogP) is 4.32. The van der Waals surface area contributed by atoms with Gasteiger partial charge in [0.15, 0.2) is 5.78 Å². The van der Waals surface area contributed by atoms with Crippen LogP contribution in [-0.2, 0) is 11.0 Å². The molecule has 1 fully saturated rings. The number of hydrogen-bond donors (Lipinski definition) is 0. The molecule has 0 aliphatic carbocycles. The van der Waals surface area contributed by atoms with Gasteiger partial charge in [-0.2, -0.15) is 13.2 Å². The summed E-state index contributed by atoms with van der Waals surface area (Å²) in [5.74, 6) is 0.262. The van der Waals surface area contributed by atoms with Crippen LogP contribution < -0.4 is 9.64 Å². The molecule has 0 N–H and O–H groups in total. The molecule has 3 rings (SSSR count). The Balaban J connectivity index is 1.56. The first-order chi connectivity index (χ1) is 16.1. The summed E-state index contributed by atoms with van der Waals surface area (Å²) in [6.45, 7) is 3.31. The second-order valence-corrected chi connectivity index (χ2v) is 7.71. The van der Waals surface area contributed by atoms with Crippen LogP contribution in [0, 0.1) is 10.1 Å². The molecule has 1 aliphatic rings. The van der Waals surface area contributed by atoms with Gasteiger partial charge in [0.25, 0.3) is 5.69 Å². The number of Topliss-reactive ketones (excluding diaryl/α,β-unsaturated/α-hetero) is 1. The van der Waals surface area contributed by atoms with Crippen LogP contribution in [0.25, 0.3) is 0 Å². The smallest absolute Gasteiger partial charge is 0.416 e. The number of nitro groups is 1. The molecule has 0 radical (unpaired) electrons. The summed E-state index contributed by atoms with van der Waals surface area (Å²) >= 11 is 0. The van der Waals surface area contributed by atoms with E-state index in [1.165, 1.54) is 0 Å². The zero-order chi connectivity index (χ0) is 24.9. The predicted molar refractivity (Wildman–Crippen MR) is 118 cm³/mol. The molecule has 2 aromatic rings. The van der Waals surface area contributed by atoms with Crippen molar-refractivity contribution in [2.75, 3.05) is 37.7 Å². The van der Waals surface area contributed by atoms with Crippen LogP contribution >= 0.6 is 0 Å². The standard InChI is InChI=1S/C23H24F3N3O5/c1-2-34-18-6-3-16(4-7-18)21(30)9-10-22(31)28-13-11-27(12-14-28)19-8-5-17(23(24,25)26)15-20(19)29(32)33/h3-8,15H,2,9-14H2,1H3. The van der Waals surface area contributed by atoms with Gasteiger partial charge < -0.3 is 14.5 Å². The summed E-state index contributed by atoms with van der Waals surface area (Å²) in [7, 11) is 0. The van der Waals surface area contributed by atoms with Crippen molar-refractivity contribution in [1.29, 1.82) is 0 Å². The molecule has 8 nitrogen and oxygen atoms in total. The highest BCUT2D eigenvalue weighted by Crippen LogP contribution is 2.36. The molecule has 182 valence electrons. The fourth-order valence-electron chi connectivity index (χ4n) is 3.74. The van der Waals surface area contributed by atoms with Crippen LogP contribution in [0.4, 0.5) is 24.5 Å². The number of ether oxygens (including phenoxy) is 1. The maximum Gasteiger partial charge on any atom is 0.416 e. The third-order valence-electron chi connectivity index (χ3n) is 5.53. The van der Waals surface area contributed by atoms with Gasteiger partial charge in [-0.15, -0.1) is 0 Å². The van der Waals surface area contributed by atoms with E-state index in [9.17, 15) is 32.9 Å². The van der Waals surface area contributed by atoms with Crippen LogP contribution in [0.2, 0.25) is 0 Å². The van der Waals surface area contributed by atoms with Gasteiger partial charge in [0.1, 0.15) is 11.4 Å². The average Bonchev–Trinajstić information content (AvgIpc) is 2.82. The van der Waals surface area contributed by atoms with Crippen molar-refractivity contribution < 1.29 is 32.4 Å². The van der Waals surface area contributed by atoms with Crippen molar-refractivity contribution in [3.05, 3.63) is 63.7 Å². The second kappa shape index (κ2) is 10.5. The first kappa shape index (κ1) is 25.0. The SMILES string of the molecule is CCOc1ccc(C(=O)CCC(=O)N2CCN(c3ccc(C(F)(F)F)cc3[N+](=O)[O-])CC2)cc1. The van der Waals surface area contributed by atoms with Crippen LogP contribution in [-0.4, -0.2) is 54.3 Å². The Morgan fingerprint density at radius 2 is 1.68 bits per heavy atom. The van der Waals surface area contributed by atoms with Crippen molar-refractivity contribution in [3.63, 3.8) is 0 Å². The maximum atomic E-state index is 12.9. The highest BCUT2D eigenvalue weighted by atomic mass is 19.4. The van der Waals surface area contributed by atoms with Gasteiger partial charge in [0.2, 0.25) is 5.91 Å². The molecule has 1 saturated heterocycles. The van der Waals surface area contributed by atoms with Gasteiger partial charge in [-0.25, -0.2) is 0 Å². The molecule has 2 aromatic carbocycles. The minimum Gasteiger partial charge on any atom is -0.494 e. The Labute approximate surface area is 194 Å². The van der Waals surface area contributed by atoms with Gasteiger partial charge >= 0.3 is 6.18 Å². The van der Waals surface area contributed by atoms with Crippen molar-refractivity contribution >= 4 is 23.1 Å². The molecule has 0 bridgehead atoms. The fourth-order valence-corrected chi connectivity index (χ4v) is 3.74. The van der Waals surface area contributed by atoms with Crippen LogP contribution in [0.1, 0.15) is 35.7 Å². The summed E-state index contributed by atoms with van der Waals surface area (Å²) in [5.41, 5.74) is -1.16. The van der Waals surface area contributed by atoms with Crippen LogP contribution in [0.3, 0.4) is 0 Å². The Morgan fingerprint density at radius 3 is 2.24 bits per heavy atom. The normalized spacial score (nSPS) is 14.1. The lowest BCUT2D eigenvalue weighted by Crippen LogP contribution is -2.49. The number of hydrogen-bond acceptors (Lipinski definition) is 6. The number of halogens is 3. The maximum absolute atomic E-state index is 12.9. The lowest BCUT2D eigenvalue weighted by molar-refractivity contribution is -0.384. The van der Waals surface area contributed by atoms with E-state index in [-0.39, 0.29) is 56.4 Å². The number of piperazine rings is 1. The van der Waals surface area contributed by atoms with E-state index in [0.717, 1.165) is 12.1 Å². The topological polar surface area (TPSA) is 93.0 Å². The third kappa shape index (κ3) is 6.03. The molecule has 1 amide bonds. The molecule has 11 heteroatoms. The Morgan fingerprint density at radius 1 is 1.03 bits per heavy atom. The molecule has 0 spiro atoms. The first-order valence-electron chi connectivity index (χ1n) is 10.7. The van der Waals surface area contributed by atoms with Crippen molar-refractivity contribution in [1.82, 2.24) is 4.90 Å². The van der Waals surface area contributed by atoms with Crippen molar-refractivity contribution in [2.24, 2.45) is 0 Å². The zero-order valence-corrected chi connectivity index (χ0v) is 18.5. The number of benzene rings is 2. The van der Waals surface area contributed by atoms with Crippen LogP contribution in [0.5, 0.6) is 5.75 Å². The van der Waals surface area contributed by atoms with Crippen molar-refractivity contribution in [2.45, 2.75) is 25.9 Å². The largest absolute Gasteiger partial charge is 0.494 e. The minimum atomic E-state index is -4.68. The van der Waals surface area contributed by atoms with Gasteiger partial charge in [0, 0.05) is 50.7 Å². The number of ketones is 1. The number of carbonyl (C=O) groups is 2. The highest BCUT2D eigenvalue weighted by Gasteiger charge is 2.34. The summed E-state index contributed by atoms with van der Waals surface area (Å²) < 4.78 is 44.1.